The monoisotopic (exact) mass is 225 g/mol. The average molecular weight is 225 g/mol. The Morgan fingerprint density at radius 2 is 2.29 bits per heavy atom. The van der Waals surface area contributed by atoms with E-state index in [9.17, 15) is 0 Å². The average Bonchev–Trinajstić information content (AvgIpc) is 2.53. The number of nitrogens with two attached hydrogens (primary N) is 1. The largest absolute Gasteiger partial charge is 0.492 e. The number of anilines is 1. The molecule has 0 radical (unpaired) electrons. The lowest BCUT2D eigenvalue weighted by Crippen LogP contribution is -1.94. The summed E-state index contributed by atoms with van der Waals surface area (Å²) >= 11 is 5.98. The van der Waals surface area contributed by atoms with E-state index in [2.05, 4.69) is 12.6 Å². The van der Waals surface area contributed by atoms with E-state index < -0.39 is 0 Å². The molecule has 2 aromatic rings. The Hall–Kier alpha value is -0.870. The minimum Gasteiger partial charge on any atom is -0.492 e. The molecule has 2 N–H and O–H groups in total. The summed E-state index contributed by atoms with van der Waals surface area (Å²) in [5.74, 6) is 0.798. The molecule has 2 nitrogen and oxygen atoms in total. The van der Waals surface area contributed by atoms with Crippen molar-refractivity contribution in [2.45, 2.75) is 11.8 Å². The minimum absolute atomic E-state index is 0.627. The van der Waals surface area contributed by atoms with E-state index in [1.165, 1.54) is 0 Å². The van der Waals surface area contributed by atoms with Crippen molar-refractivity contribution in [3.63, 3.8) is 0 Å². The lowest BCUT2D eigenvalue weighted by Gasteiger charge is -2.08. The van der Waals surface area contributed by atoms with Crippen LogP contribution in [0.15, 0.2) is 22.4 Å². The maximum Gasteiger partial charge on any atom is 0.143 e. The first-order valence-corrected chi connectivity index (χ1v) is 5.68. The fourth-order valence-electron chi connectivity index (χ4n) is 1.40. The third kappa shape index (κ3) is 1.44. The van der Waals surface area contributed by atoms with Crippen LogP contribution in [-0.2, 0) is 0 Å². The topological polar surface area (TPSA) is 35.2 Å². The number of fused-ring (bicyclic) bond motifs is 1. The van der Waals surface area contributed by atoms with Gasteiger partial charge in [0.25, 0.3) is 0 Å². The highest BCUT2D eigenvalue weighted by Gasteiger charge is 2.10. The number of thiol groups is 1. The van der Waals surface area contributed by atoms with Crippen LogP contribution < -0.4 is 10.5 Å². The summed E-state index contributed by atoms with van der Waals surface area (Å²) in [6.07, 6.45) is 0. The number of rotatable bonds is 2. The second-order valence-electron chi connectivity index (χ2n) is 2.91. The molecule has 1 aromatic carbocycles. The molecular formula is C10H11NOS2. The maximum absolute atomic E-state index is 5.87. The molecule has 4 heteroatoms. The first-order chi connectivity index (χ1) is 6.74. The zero-order chi connectivity index (χ0) is 10.1. The SMILES string of the molecule is CCOc1c(S)ccc2scc(N)c12. The molecule has 14 heavy (non-hydrogen) atoms. The van der Waals surface area contributed by atoms with Crippen molar-refractivity contribution in [1.82, 2.24) is 0 Å². The number of ether oxygens (including phenoxy) is 1. The van der Waals surface area contributed by atoms with Gasteiger partial charge in [0.1, 0.15) is 5.75 Å². The fourth-order valence-corrected chi connectivity index (χ4v) is 2.50. The molecule has 0 aliphatic rings. The first kappa shape index (κ1) is 9.68. The van der Waals surface area contributed by atoms with E-state index in [4.69, 9.17) is 10.5 Å². The van der Waals surface area contributed by atoms with Gasteiger partial charge in [0.2, 0.25) is 0 Å². The molecule has 0 aliphatic heterocycles. The van der Waals surface area contributed by atoms with Crippen LogP contribution in [0.1, 0.15) is 6.92 Å². The second kappa shape index (κ2) is 3.71. The summed E-state index contributed by atoms with van der Waals surface area (Å²) in [4.78, 5) is 0.837. The quantitative estimate of drug-likeness (QED) is 0.770. The Morgan fingerprint density at radius 3 is 3.00 bits per heavy atom. The summed E-state index contributed by atoms with van der Waals surface area (Å²) in [6.45, 7) is 2.58. The highest BCUT2D eigenvalue weighted by molar-refractivity contribution is 7.80. The van der Waals surface area contributed by atoms with Gasteiger partial charge in [-0.25, -0.2) is 0 Å². The van der Waals surface area contributed by atoms with Crippen molar-refractivity contribution in [3.05, 3.63) is 17.5 Å². The van der Waals surface area contributed by atoms with Crippen LogP contribution in [-0.4, -0.2) is 6.61 Å². The van der Waals surface area contributed by atoms with Gasteiger partial charge in [0, 0.05) is 15.0 Å². The van der Waals surface area contributed by atoms with Gasteiger partial charge in [-0.2, -0.15) is 0 Å². The number of benzene rings is 1. The Bertz CT molecular complexity index is 464. The van der Waals surface area contributed by atoms with Crippen LogP contribution in [0.3, 0.4) is 0 Å². The summed E-state index contributed by atoms with van der Waals surface area (Å²) < 4.78 is 6.68. The molecule has 74 valence electrons. The Morgan fingerprint density at radius 1 is 1.50 bits per heavy atom. The number of nitrogen functional groups attached to an aromatic ring is 1. The van der Waals surface area contributed by atoms with E-state index in [1.807, 2.05) is 24.4 Å². The van der Waals surface area contributed by atoms with Gasteiger partial charge in [-0.1, -0.05) is 0 Å². The molecule has 0 amide bonds. The first-order valence-electron chi connectivity index (χ1n) is 4.35. The molecule has 0 saturated heterocycles. The predicted molar refractivity (Wildman–Crippen MR) is 64.7 cm³/mol. The van der Waals surface area contributed by atoms with Crippen molar-refractivity contribution in [2.75, 3.05) is 12.3 Å². The molecule has 0 atom stereocenters. The molecular weight excluding hydrogens is 214 g/mol. The number of hydrogen-bond donors (Lipinski definition) is 2. The second-order valence-corrected chi connectivity index (χ2v) is 4.30. The molecule has 1 heterocycles. The Balaban J connectivity index is 2.73. The number of hydrogen-bond acceptors (Lipinski definition) is 4. The van der Waals surface area contributed by atoms with E-state index in [0.717, 1.165) is 26.4 Å². The van der Waals surface area contributed by atoms with Crippen molar-refractivity contribution in [3.8, 4) is 5.75 Å². The highest BCUT2D eigenvalue weighted by Crippen LogP contribution is 2.39. The lowest BCUT2D eigenvalue weighted by molar-refractivity contribution is 0.337. The predicted octanol–water partition coefficient (Wildman–Crippen LogP) is 3.17. The van der Waals surface area contributed by atoms with Gasteiger partial charge in [-0.15, -0.1) is 24.0 Å². The molecule has 1 aromatic heterocycles. The van der Waals surface area contributed by atoms with E-state index in [0.29, 0.717) is 6.61 Å². The third-order valence-electron chi connectivity index (χ3n) is 1.99. The van der Waals surface area contributed by atoms with E-state index in [-0.39, 0.29) is 0 Å². The number of thiophene rings is 1. The van der Waals surface area contributed by atoms with Crippen LogP contribution in [0.25, 0.3) is 10.1 Å². The van der Waals surface area contributed by atoms with E-state index in [1.54, 1.807) is 11.3 Å². The minimum atomic E-state index is 0.627. The summed E-state index contributed by atoms with van der Waals surface area (Å²) in [7, 11) is 0. The molecule has 0 saturated carbocycles. The summed E-state index contributed by atoms with van der Waals surface area (Å²) in [6, 6.07) is 3.95. The summed E-state index contributed by atoms with van der Waals surface area (Å²) in [5.41, 5.74) is 6.64. The van der Waals surface area contributed by atoms with Gasteiger partial charge in [-0.05, 0) is 19.1 Å². The van der Waals surface area contributed by atoms with Gasteiger partial charge in [-0.3, -0.25) is 0 Å². The molecule has 0 unspecified atom stereocenters. The smallest absolute Gasteiger partial charge is 0.143 e. The van der Waals surface area contributed by atoms with Crippen molar-refractivity contribution < 1.29 is 4.74 Å². The van der Waals surface area contributed by atoms with Crippen LogP contribution >= 0.6 is 24.0 Å². The van der Waals surface area contributed by atoms with Crippen LogP contribution in [0, 0.1) is 0 Å². The van der Waals surface area contributed by atoms with Crippen molar-refractivity contribution in [1.29, 1.82) is 0 Å². The fraction of sp³-hybridized carbons (Fsp3) is 0.200. The van der Waals surface area contributed by atoms with Crippen molar-refractivity contribution >= 4 is 39.7 Å². The van der Waals surface area contributed by atoms with Crippen LogP contribution in [0.4, 0.5) is 5.69 Å². The Kier molecular flexibility index (Phi) is 2.56. The molecule has 0 aliphatic carbocycles. The van der Waals surface area contributed by atoms with Crippen molar-refractivity contribution in [2.24, 2.45) is 0 Å². The maximum atomic E-state index is 5.87. The van der Waals surface area contributed by atoms with Gasteiger partial charge in [0.05, 0.1) is 17.7 Å². The highest BCUT2D eigenvalue weighted by atomic mass is 32.1. The molecule has 0 spiro atoms. The van der Waals surface area contributed by atoms with Gasteiger partial charge >= 0.3 is 0 Å². The summed E-state index contributed by atoms with van der Waals surface area (Å²) in [5, 5.41) is 2.92. The van der Waals surface area contributed by atoms with Gasteiger partial charge < -0.3 is 10.5 Å². The Labute approximate surface area is 92.1 Å². The molecule has 0 fully saturated rings. The molecule has 0 bridgehead atoms. The lowest BCUT2D eigenvalue weighted by atomic mass is 10.2. The zero-order valence-corrected chi connectivity index (χ0v) is 9.49. The van der Waals surface area contributed by atoms with Gasteiger partial charge in [0.15, 0.2) is 0 Å². The third-order valence-corrected chi connectivity index (χ3v) is 3.31. The molecule has 2 rings (SSSR count). The van der Waals surface area contributed by atoms with Crippen LogP contribution in [0.5, 0.6) is 5.75 Å². The van der Waals surface area contributed by atoms with Crippen LogP contribution in [0.2, 0.25) is 0 Å². The zero-order valence-electron chi connectivity index (χ0n) is 7.78. The normalized spacial score (nSPS) is 10.7. The standard InChI is InChI=1S/C10H11NOS2/c1-2-12-10-7(13)3-4-8-9(10)6(11)5-14-8/h3-5,13H,2,11H2,1H3. The van der Waals surface area contributed by atoms with E-state index >= 15 is 0 Å².